The van der Waals surface area contributed by atoms with E-state index in [0.29, 0.717) is 0 Å². The quantitative estimate of drug-likeness (QED) is 0.185. The summed E-state index contributed by atoms with van der Waals surface area (Å²) in [5.41, 5.74) is 35.9. The van der Waals surface area contributed by atoms with Gasteiger partial charge in [-0.05, 0) is 0 Å². The van der Waals surface area contributed by atoms with Gasteiger partial charge >= 0.3 is 21.9 Å². The molecule has 4 aromatic carbocycles. The molecule has 0 aliphatic rings. The molecular weight excluding hydrogens is 657 g/mol. The molecule has 0 saturated heterocycles. The van der Waals surface area contributed by atoms with Gasteiger partial charge in [0, 0.05) is 0 Å². The van der Waals surface area contributed by atoms with E-state index in [9.17, 15) is 19.8 Å². The largest absolute Gasteiger partial charge is 3.00 e. The Morgan fingerprint density at radius 2 is 0.638 bits per heavy atom. The first kappa shape index (κ1) is 42.3. The van der Waals surface area contributed by atoms with Crippen LogP contribution in [0.1, 0.15) is 46.4 Å². The molecule has 14 nitrogen and oxygen atoms in total. The van der Waals surface area contributed by atoms with E-state index < -0.39 is 53.4 Å². The summed E-state index contributed by atoms with van der Waals surface area (Å²) in [5.74, 6) is -4.12. The van der Waals surface area contributed by atoms with Crippen molar-refractivity contribution in [2.45, 2.75) is 36.4 Å². The third-order valence-corrected chi connectivity index (χ3v) is 6.08. The Balaban J connectivity index is 0.000000649. The number of nitrogens with zero attached hydrogens (tertiary/aromatic N) is 1. The van der Waals surface area contributed by atoms with E-state index in [0.717, 1.165) is 22.3 Å². The first-order valence-corrected chi connectivity index (χ1v) is 13.4. The Bertz CT molecular complexity index is 1250. The fourth-order valence-electron chi connectivity index (χ4n) is 3.67. The van der Waals surface area contributed by atoms with Crippen molar-refractivity contribution in [1.29, 1.82) is 0 Å². The van der Waals surface area contributed by atoms with Crippen LogP contribution in [0, 0.1) is 4.91 Å². The van der Waals surface area contributed by atoms with Gasteiger partial charge in [0.2, 0.25) is 0 Å². The van der Waals surface area contributed by atoms with Crippen LogP contribution in [0.15, 0.2) is 121 Å². The predicted octanol–water partition coefficient (Wildman–Crippen LogP) is 3.90. The minimum atomic E-state index is -2.44. The van der Waals surface area contributed by atoms with Crippen LogP contribution in [0.2, 0.25) is 0 Å². The monoisotopic (exact) mass is 691 g/mol. The molecule has 6 unspecified atom stereocenters. The minimum Gasteiger partial charge on any atom is -0.672 e. The zero-order valence-corrected chi connectivity index (χ0v) is 25.7. The number of aliphatic hydroxyl groups is 2. The first-order valence-electron chi connectivity index (χ1n) is 13.4. The molecule has 4 rings (SSSR count). The Morgan fingerprint density at radius 1 is 0.489 bits per heavy atom. The average Bonchev–Trinajstić information content (AvgIpc) is 3.08. The number of hydrogen-bond donors (Lipinski definition) is 4. The normalized spacial score (nSPS) is 13.7. The number of carbonyl (C=O) groups is 2. The molecule has 47 heavy (non-hydrogen) atoms. The van der Waals surface area contributed by atoms with Crippen LogP contribution in [0.3, 0.4) is 0 Å². The Kier molecular flexibility index (Phi) is 20.5. The molecule has 0 fully saturated rings. The van der Waals surface area contributed by atoms with Gasteiger partial charge in [-0.3, -0.25) is 0 Å². The molecule has 0 spiro atoms. The van der Waals surface area contributed by atoms with E-state index >= 15 is 0 Å². The van der Waals surface area contributed by atoms with Crippen molar-refractivity contribution >= 4 is 11.9 Å². The van der Waals surface area contributed by atoms with Crippen molar-refractivity contribution in [2.75, 3.05) is 0 Å². The summed E-state index contributed by atoms with van der Waals surface area (Å²) < 4.78 is 0. The number of benzene rings is 4. The van der Waals surface area contributed by atoms with Crippen LogP contribution in [0.5, 0.6) is 0 Å². The predicted molar refractivity (Wildman–Crippen MR) is 163 cm³/mol. The molecule has 252 valence electrons. The fraction of sp³-hybridized carbons (Fsp3) is 0.188. The molecule has 0 radical (unpaired) electrons. The van der Waals surface area contributed by atoms with Gasteiger partial charge < -0.3 is 52.9 Å². The van der Waals surface area contributed by atoms with Crippen molar-refractivity contribution in [3.63, 3.8) is 0 Å². The molecule has 4 aromatic rings. The minimum absolute atomic E-state index is 0. The Morgan fingerprint density at radius 3 is 0.766 bits per heavy atom. The van der Waals surface area contributed by atoms with Crippen molar-refractivity contribution in [2.24, 2.45) is 0 Å². The maximum absolute atomic E-state index is 9.63. The van der Waals surface area contributed by atoms with Gasteiger partial charge in [0.15, 0.2) is 0 Å². The number of carbonyl (C=O) groups excluding carboxylic acids is 2. The summed E-state index contributed by atoms with van der Waals surface area (Å²) in [4.78, 5) is 27.7. The summed E-state index contributed by atoms with van der Waals surface area (Å²) in [5, 5.41) is 48.3. The summed E-state index contributed by atoms with van der Waals surface area (Å²) in [7, 11) is 0. The Hall–Kier alpha value is -4.71. The van der Waals surface area contributed by atoms with Crippen molar-refractivity contribution in [3.05, 3.63) is 171 Å². The van der Waals surface area contributed by atoms with Crippen molar-refractivity contribution in [3.8, 4) is 0 Å². The van der Waals surface area contributed by atoms with E-state index in [1.807, 2.05) is 121 Å². The van der Waals surface area contributed by atoms with Gasteiger partial charge in [-0.25, -0.2) is 10.4 Å². The first-order chi connectivity index (χ1) is 21.8. The van der Waals surface area contributed by atoms with E-state index in [1.165, 1.54) is 0 Å². The van der Waals surface area contributed by atoms with Gasteiger partial charge in [0.05, 0.1) is 11.9 Å². The van der Waals surface area contributed by atoms with Crippen LogP contribution >= 0.6 is 0 Å². The van der Waals surface area contributed by atoms with Crippen molar-refractivity contribution < 1.29 is 62.3 Å². The standard InChI is InChI=1S/2C14H14N2.C4H6O6.Co.H2NO3/c2*15-13(11-7-3-1-4-8-11)14(16)12-9-5-2-6-10-12;5-1(3(7)8)2(6)4(9)10;;2-1(3)4/h2*1-10,13-16H;1-2,5-6H,(H,7,8)(H,9,10);;(H2,2,3,4)/q2*-2;;+3;+1/p-2. The van der Waals surface area contributed by atoms with Crippen LogP contribution in [-0.2, 0) is 26.4 Å². The Labute approximate surface area is 281 Å². The number of carboxylic acid groups (broad SMARTS) is 2. The third kappa shape index (κ3) is 15.9. The third-order valence-electron chi connectivity index (χ3n) is 6.08. The fourth-order valence-corrected chi connectivity index (χ4v) is 3.67. The molecule has 0 aliphatic heterocycles. The number of aliphatic hydroxyl groups excluding tert-OH is 2. The summed E-state index contributed by atoms with van der Waals surface area (Å²) in [6, 6.07) is 36.1. The van der Waals surface area contributed by atoms with Gasteiger partial charge in [0.1, 0.15) is 17.1 Å². The summed E-state index contributed by atoms with van der Waals surface area (Å²) in [6.45, 7) is 0. The van der Waals surface area contributed by atoms with Gasteiger partial charge in [-0.2, -0.15) is 0 Å². The number of carboxylic acids is 2. The molecule has 0 aliphatic carbocycles. The van der Waals surface area contributed by atoms with Crippen LogP contribution in [-0.4, -0.2) is 49.9 Å². The molecule has 0 amide bonds. The number of hydrogen-bond acceptors (Lipinski definition) is 7. The zero-order valence-electron chi connectivity index (χ0n) is 24.6. The number of rotatable bonds is 9. The maximum atomic E-state index is 9.63. The molecule has 0 saturated carbocycles. The second-order valence-electron chi connectivity index (χ2n) is 9.33. The zero-order chi connectivity index (χ0) is 34.6. The van der Waals surface area contributed by atoms with Gasteiger partial charge in [-0.15, -0.1) is 24.2 Å². The molecule has 15 heteroatoms. The topological polar surface area (TPSA) is 276 Å². The molecular formula is C32H34CoN5O9-2. The maximum Gasteiger partial charge on any atom is 3.00 e. The SMILES string of the molecule is O=C([O-])C(O)C(O)C(=O)[O-].O=[N+](O)O.[Co+3].[NH-]C(c1ccccc1)C([NH-])c1ccccc1.[NH-]C(c1ccccc1)C([NH-])c1ccccc1. The second kappa shape index (κ2) is 22.7. The molecule has 6 atom stereocenters. The van der Waals surface area contributed by atoms with E-state index in [4.69, 9.17) is 48.5 Å². The van der Waals surface area contributed by atoms with E-state index in [-0.39, 0.29) is 16.8 Å². The summed E-state index contributed by atoms with van der Waals surface area (Å²) >= 11 is 0. The van der Waals surface area contributed by atoms with Crippen LogP contribution in [0.4, 0.5) is 0 Å². The van der Waals surface area contributed by atoms with Gasteiger partial charge in [0.25, 0.3) is 0 Å². The van der Waals surface area contributed by atoms with Gasteiger partial charge in [-0.1, -0.05) is 144 Å². The molecule has 0 heterocycles. The van der Waals surface area contributed by atoms with Crippen LogP contribution in [0.25, 0.3) is 22.9 Å². The average molecular weight is 692 g/mol. The molecule has 0 bridgehead atoms. The smallest absolute Gasteiger partial charge is 0.672 e. The van der Waals surface area contributed by atoms with Crippen molar-refractivity contribution in [1.82, 2.24) is 0 Å². The number of aliphatic carboxylic acids is 2. The molecule has 8 N–H and O–H groups in total. The second-order valence-corrected chi connectivity index (χ2v) is 9.33. The van der Waals surface area contributed by atoms with E-state index in [2.05, 4.69) is 0 Å². The van der Waals surface area contributed by atoms with E-state index in [1.54, 1.807) is 0 Å². The van der Waals surface area contributed by atoms with Crippen LogP contribution < -0.4 is 10.2 Å². The summed E-state index contributed by atoms with van der Waals surface area (Å²) in [6.07, 6.45) is -4.88. The number of nitrogens with one attached hydrogen (secondary N) is 4. The molecule has 0 aromatic heterocycles.